The van der Waals surface area contributed by atoms with Crippen LogP contribution in [0.25, 0.3) is 6.08 Å². The van der Waals surface area contributed by atoms with Gasteiger partial charge in [0.2, 0.25) is 0 Å². The molecule has 5 nitrogen and oxygen atoms in total. The smallest absolute Gasteiger partial charge is 0.266 e. The van der Waals surface area contributed by atoms with Crippen LogP contribution in [0.4, 0.5) is 10.1 Å². The molecular formula is C28H26ClFN2O3S. The first-order valence-electron chi connectivity index (χ1n) is 11.4. The second kappa shape index (κ2) is 11.6. The molecule has 0 N–H and O–H groups in total. The lowest BCUT2D eigenvalue weighted by Gasteiger charge is -2.17. The van der Waals surface area contributed by atoms with E-state index in [1.807, 2.05) is 30.3 Å². The lowest BCUT2D eigenvalue weighted by atomic mass is 10.1. The Morgan fingerprint density at radius 2 is 1.78 bits per heavy atom. The van der Waals surface area contributed by atoms with E-state index in [2.05, 4.69) is 13.8 Å². The van der Waals surface area contributed by atoms with Crippen molar-refractivity contribution in [3.05, 3.63) is 93.6 Å². The molecule has 1 saturated heterocycles. The Morgan fingerprint density at radius 3 is 2.44 bits per heavy atom. The summed E-state index contributed by atoms with van der Waals surface area (Å²) < 4.78 is 24.5. The summed E-state index contributed by atoms with van der Waals surface area (Å²) in [6.45, 7) is 4.97. The number of methoxy groups -OCH3 is 1. The van der Waals surface area contributed by atoms with E-state index in [4.69, 9.17) is 26.1 Å². The van der Waals surface area contributed by atoms with Gasteiger partial charge in [0, 0.05) is 11.6 Å². The molecule has 0 radical (unpaired) electrons. The van der Waals surface area contributed by atoms with Crippen molar-refractivity contribution in [1.29, 1.82) is 0 Å². The summed E-state index contributed by atoms with van der Waals surface area (Å²) in [4.78, 5) is 20.2. The maximum absolute atomic E-state index is 13.3. The molecule has 0 bridgehead atoms. The summed E-state index contributed by atoms with van der Waals surface area (Å²) >= 11 is 7.34. The average Bonchev–Trinajstić information content (AvgIpc) is 3.13. The third-order valence-corrected chi connectivity index (χ3v) is 6.54. The third kappa shape index (κ3) is 6.47. The van der Waals surface area contributed by atoms with Crippen molar-refractivity contribution >= 4 is 46.2 Å². The number of benzene rings is 3. The van der Waals surface area contributed by atoms with E-state index in [0.29, 0.717) is 33.1 Å². The highest BCUT2D eigenvalue weighted by atomic mass is 35.5. The normalized spacial score (nSPS) is 15.8. The molecule has 1 heterocycles. The third-order valence-electron chi connectivity index (χ3n) is 5.28. The minimum absolute atomic E-state index is 0.0861. The molecule has 1 aliphatic heterocycles. The predicted octanol–water partition coefficient (Wildman–Crippen LogP) is 7.33. The number of rotatable bonds is 8. The zero-order valence-electron chi connectivity index (χ0n) is 20.2. The molecule has 4 rings (SSSR count). The Kier molecular flexibility index (Phi) is 8.33. The zero-order valence-corrected chi connectivity index (χ0v) is 21.8. The summed E-state index contributed by atoms with van der Waals surface area (Å²) in [5.74, 6) is 0.997. The topological polar surface area (TPSA) is 51.1 Å². The minimum atomic E-state index is -0.290. The number of ether oxygens (including phenoxy) is 2. The predicted molar refractivity (Wildman–Crippen MR) is 144 cm³/mol. The van der Waals surface area contributed by atoms with Gasteiger partial charge >= 0.3 is 0 Å². The number of carbonyl (C=O) groups excluding carboxylic acids is 1. The number of amidine groups is 1. The van der Waals surface area contributed by atoms with E-state index in [9.17, 15) is 9.18 Å². The Hall–Kier alpha value is -3.29. The molecule has 0 saturated carbocycles. The molecule has 0 spiro atoms. The van der Waals surface area contributed by atoms with Gasteiger partial charge in [-0.3, -0.25) is 9.69 Å². The number of carbonyl (C=O) groups is 1. The average molecular weight is 525 g/mol. The zero-order chi connectivity index (χ0) is 25.7. The summed E-state index contributed by atoms with van der Waals surface area (Å²) in [7, 11) is 1.56. The van der Waals surface area contributed by atoms with E-state index >= 15 is 0 Å². The van der Waals surface area contributed by atoms with Gasteiger partial charge < -0.3 is 9.47 Å². The van der Waals surface area contributed by atoms with Gasteiger partial charge in [-0.15, -0.1) is 0 Å². The fourth-order valence-electron chi connectivity index (χ4n) is 3.53. The van der Waals surface area contributed by atoms with Gasteiger partial charge in [-0.2, -0.15) is 0 Å². The quantitative estimate of drug-likeness (QED) is 0.289. The van der Waals surface area contributed by atoms with E-state index in [1.165, 1.54) is 23.9 Å². The maximum atomic E-state index is 13.3. The van der Waals surface area contributed by atoms with Gasteiger partial charge in [0.05, 0.1) is 17.7 Å². The van der Waals surface area contributed by atoms with E-state index in [1.54, 1.807) is 42.3 Å². The fraction of sp³-hybridized carbons (Fsp3) is 0.214. The van der Waals surface area contributed by atoms with Crippen molar-refractivity contribution in [2.45, 2.75) is 20.5 Å². The monoisotopic (exact) mass is 524 g/mol. The van der Waals surface area contributed by atoms with E-state index < -0.39 is 0 Å². The first kappa shape index (κ1) is 25.8. The first-order chi connectivity index (χ1) is 17.3. The van der Waals surface area contributed by atoms with Crippen molar-refractivity contribution < 1.29 is 18.7 Å². The molecule has 3 aromatic rings. The van der Waals surface area contributed by atoms with Crippen LogP contribution in [0.5, 0.6) is 11.5 Å². The minimum Gasteiger partial charge on any atom is -0.493 e. The number of aliphatic imine (C=N–C) groups is 1. The second-order valence-corrected chi connectivity index (χ2v) is 10.1. The molecule has 3 aromatic carbocycles. The van der Waals surface area contributed by atoms with Gasteiger partial charge in [-0.1, -0.05) is 43.6 Å². The molecule has 36 heavy (non-hydrogen) atoms. The Bertz CT molecular complexity index is 1290. The van der Waals surface area contributed by atoms with Gasteiger partial charge in [0.1, 0.15) is 12.4 Å². The first-order valence-corrected chi connectivity index (χ1v) is 12.6. The van der Waals surface area contributed by atoms with Crippen LogP contribution < -0.4 is 9.47 Å². The summed E-state index contributed by atoms with van der Waals surface area (Å²) in [6, 6.07) is 18.8. The highest BCUT2D eigenvalue weighted by Gasteiger charge is 2.33. The molecule has 1 fully saturated rings. The van der Waals surface area contributed by atoms with Crippen molar-refractivity contribution in [3.8, 4) is 11.5 Å². The number of halogens is 2. The van der Waals surface area contributed by atoms with Gasteiger partial charge in [0.15, 0.2) is 16.7 Å². The Balaban J connectivity index is 1.56. The van der Waals surface area contributed by atoms with Gasteiger partial charge in [0.25, 0.3) is 5.91 Å². The largest absolute Gasteiger partial charge is 0.493 e. The Labute approximate surface area is 219 Å². The van der Waals surface area contributed by atoms with Crippen LogP contribution >= 0.6 is 23.4 Å². The van der Waals surface area contributed by atoms with Crippen LogP contribution in [0, 0.1) is 11.7 Å². The molecule has 8 heteroatoms. The lowest BCUT2D eigenvalue weighted by molar-refractivity contribution is -0.122. The number of hydrogen-bond donors (Lipinski definition) is 0. The van der Waals surface area contributed by atoms with Crippen LogP contribution in [0.2, 0.25) is 5.02 Å². The van der Waals surface area contributed by atoms with Crippen molar-refractivity contribution in [2.24, 2.45) is 10.9 Å². The van der Waals surface area contributed by atoms with E-state index in [0.717, 1.165) is 16.8 Å². The SMILES string of the molecule is COc1cc(/C=C2\SC(=Nc3ccc(Cl)cc3)N(CC(C)C)C2=O)ccc1OCc1ccc(F)cc1. The number of thioether (sulfide) groups is 1. The highest BCUT2D eigenvalue weighted by molar-refractivity contribution is 8.18. The van der Waals surface area contributed by atoms with Crippen LogP contribution in [-0.2, 0) is 11.4 Å². The molecule has 0 aliphatic carbocycles. The van der Waals surface area contributed by atoms with E-state index in [-0.39, 0.29) is 24.2 Å². The Morgan fingerprint density at radius 1 is 1.06 bits per heavy atom. The maximum Gasteiger partial charge on any atom is 0.266 e. The van der Waals surface area contributed by atoms with Crippen molar-refractivity contribution in [1.82, 2.24) is 4.90 Å². The standard InChI is InChI=1S/C28H26ClFN2O3S/c1-18(2)16-32-27(33)26(36-28(32)31-23-11-7-21(29)8-12-23)15-20-6-13-24(25(14-20)34-3)35-17-19-4-9-22(30)10-5-19/h4-15,18H,16-17H2,1-3H3/b26-15-,31-28?. The number of amides is 1. The van der Waals surface area contributed by atoms with Crippen LogP contribution in [0.1, 0.15) is 25.0 Å². The summed E-state index contributed by atoms with van der Waals surface area (Å²) in [5.41, 5.74) is 2.37. The number of hydrogen-bond acceptors (Lipinski definition) is 5. The van der Waals surface area contributed by atoms with Crippen molar-refractivity contribution in [3.63, 3.8) is 0 Å². The van der Waals surface area contributed by atoms with Crippen molar-refractivity contribution in [2.75, 3.05) is 13.7 Å². The van der Waals surface area contributed by atoms with Crippen LogP contribution in [0.15, 0.2) is 76.6 Å². The van der Waals surface area contributed by atoms with Gasteiger partial charge in [-0.25, -0.2) is 9.38 Å². The fourth-order valence-corrected chi connectivity index (χ4v) is 4.66. The molecule has 0 atom stereocenters. The molecule has 186 valence electrons. The second-order valence-electron chi connectivity index (χ2n) is 8.62. The molecule has 1 amide bonds. The van der Waals surface area contributed by atoms with Crippen LogP contribution in [0.3, 0.4) is 0 Å². The van der Waals surface area contributed by atoms with Gasteiger partial charge in [-0.05, 0) is 83.4 Å². The number of nitrogens with zero attached hydrogens (tertiary/aromatic N) is 2. The lowest BCUT2D eigenvalue weighted by Crippen LogP contribution is -2.32. The van der Waals surface area contributed by atoms with Crippen LogP contribution in [-0.4, -0.2) is 29.6 Å². The molecule has 0 aromatic heterocycles. The molecule has 1 aliphatic rings. The summed E-state index contributed by atoms with van der Waals surface area (Å²) in [6.07, 6.45) is 1.83. The molecular weight excluding hydrogens is 499 g/mol. The summed E-state index contributed by atoms with van der Waals surface area (Å²) in [5, 5.41) is 1.27. The molecule has 0 unspecified atom stereocenters. The highest BCUT2D eigenvalue weighted by Crippen LogP contribution is 2.36.